The van der Waals surface area contributed by atoms with Gasteiger partial charge in [0.25, 0.3) is 2.21 Å². The van der Waals surface area contributed by atoms with E-state index < -0.39 is 17.8 Å². The Morgan fingerprint density at radius 3 is 2.53 bits per heavy atom. The van der Waals surface area contributed by atoms with Crippen LogP contribution in [-0.4, -0.2) is 22.2 Å². The fourth-order valence-corrected chi connectivity index (χ4v) is 3.72. The second-order valence-electron chi connectivity index (χ2n) is 3.62. The van der Waals surface area contributed by atoms with Crippen molar-refractivity contribution in [3.05, 3.63) is 35.4 Å². The van der Waals surface area contributed by atoms with Crippen molar-refractivity contribution in [2.75, 3.05) is 5.75 Å². The molecule has 0 N–H and O–H groups in total. The Labute approximate surface area is 120 Å². The van der Waals surface area contributed by atoms with Crippen LogP contribution in [0.2, 0.25) is 0 Å². The summed E-state index contributed by atoms with van der Waals surface area (Å²) in [5.41, 5.74) is 1.19. The highest BCUT2D eigenvalue weighted by atomic mass is 127. The zero-order valence-electron chi connectivity index (χ0n) is 9.41. The van der Waals surface area contributed by atoms with Crippen molar-refractivity contribution in [1.29, 1.82) is 0 Å². The van der Waals surface area contributed by atoms with Crippen LogP contribution in [0.4, 0.5) is 0 Å². The molecule has 0 aliphatic heterocycles. The number of alkyl halides is 2. The fraction of sp³-hybridized carbons (Fsp3) is 0.364. The molecule has 1 aromatic rings. The minimum Gasteiger partial charge on any atom is -0.290 e. The van der Waals surface area contributed by atoms with E-state index in [1.165, 1.54) is 29.5 Å². The summed E-state index contributed by atoms with van der Waals surface area (Å²) in [6, 6.07) is 6.72. The van der Waals surface area contributed by atoms with Gasteiger partial charge in [0.1, 0.15) is 0 Å². The van der Waals surface area contributed by atoms with E-state index in [1.54, 1.807) is 18.2 Å². The average Bonchev–Trinajstić information content (AvgIpc) is 2.27. The van der Waals surface area contributed by atoms with Crippen LogP contribution in [0.15, 0.2) is 24.3 Å². The van der Waals surface area contributed by atoms with Gasteiger partial charge in [-0.1, -0.05) is 42.3 Å². The van der Waals surface area contributed by atoms with Gasteiger partial charge in [0.15, 0.2) is 9.84 Å². The molecule has 0 aliphatic rings. The Bertz CT molecular complexity index is 537. The fourth-order valence-electron chi connectivity index (χ4n) is 1.28. The number of benzene rings is 1. The summed E-state index contributed by atoms with van der Waals surface area (Å²) in [4.78, 5) is 12.1. The van der Waals surface area contributed by atoms with Crippen LogP contribution in [0.3, 0.4) is 0 Å². The number of halogens is 2. The van der Waals surface area contributed by atoms with Gasteiger partial charge in [-0.25, -0.2) is 8.42 Å². The van der Waals surface area contributed by atoms with Gasteiger partial charge < -0.3 is 0 Å². The van der Waals surface area contributed by atoms with Crippen LogP contribution in [0, 0.1) is 6.92 Å². The molecule has 94 valence electrons. The zero-order valence-corrected chi connectivity index (χ0v) is 13.1. The van der Waals surface area contributed by atoms with Crippen molar-refractivity contribution in [2.24, 2.45) is 0 Å². The van der Waals surface area contributed by atoms with Gasteiger partial charge in [-0.15, -0.1) is 0 Å². The molecule has 0 fully saturated rings. The molecule has 0 aromatic heterocycles. The van der Waals surface area contributed by atoms with Crippen LogP contribution in [0.5, 0.6) is 0 Å². The van der Waals surface area contributed by atoms with Gasteiger partial charge in [0, 0.05) is 5.56 Å². The van der Waals surface area contributed by atoms with Crippen molar-refractivity contribution in [1.82, 2.24) is 0 Å². The van der Waals surface area contributed by atoms with E-state index in [9.17, 15) is 13.2 Å². The van der Waals surface area contributed by atoms with Crippen molar-refractivity contribution < 1.29 is 13.2 Å². The van der Waals surface area contributed by atoms with Gasteiger partial charge in [-0.3, -0.25) is 4.79 Å². The number of hydrogen-bond acceptors (Lipinski definition) is 3. The van der Waals surface area contributed by atoms with Crippen LogP contribution < -0.4 is 0 Å². The quantitative estimate of drug-likeness (QED) is 0.454. The SMILES string of the molecule is CCS(=O)(=O)[C@@](Cl)(I)C(=O)c1cccc(C)c1. The Morgan fingerprint density at radius 1 is 1.47 bits per heavy atom. The lowest BCUT2D eigenvalue weighted by molar-refractivity contribution is 0.100. The largest absolute Gasteiger partial charge is 0.290 e. The second kappa shape index (κ2) is 5.24. The van der Waals surface area contributed by atoms with Crippen molar-refractivity contribution in [3.63, 3.8) is 0 Å². The summed E-state index contributed by atoms with van der Waals surface area (Å²) < 4.78 is 21.6. The molecule has 6 heteroatoms. The Kier molecular flexibility index (Phi) is 4.60. The van der Waals surface area contributed by atoms with Gasteiger partial charge in [0.2, 0.25) is 5.78 Å². The van der Waals surface area contributed by atoms with Crippen LogP contribution in [0.1, 0.15) is 22.8 Å². The number of Topliss-reactive ketones (excluding diaryl/α,β-unsaturated/α-hetero) is 1. The molecular weight excluding hydrogens is 375 g/mol. The Morgan fingerprint density at radius 2 is 2.06 bits per heavy atom. The molecule has 0 heterocycles. The van der Waals surface area contributed by atoms with Crippen LogP contribution >= 0.6 is 34.2 Å². The van der Waals surface area contributed by atoms with E-state index in [1.807, 2.05) is 13.0 Å². The first kappa shape index (κ1) is 14.9. The molecular formula is C11H12ClIO3S. The molecule has 17 heavy (non-hydrogen) atoms. The number of rotatable bonds is 4. The molecule has 3 nitrogen and oxygen atoms in total. The first-order valence-electron chi connectivity index (χ1n) is 4.94. The first-order valence-corrected chi connectivity index (χ1v) is 8.05. The van der Waals surface area contributed by atoms with Crippen molar-refractivity contribution in [2.45, 2.75) is 16.1 Å². The zero-order chi connectivity index (χ0) is 13.3. The third-order valence-electron chi connectivity index (χ3n) is 2.32. The highest BCUT2D eigenvalue weighted by Crippen LogP contribution is 2.35. The highest BCUT2D eigenvalue weighted by molar-refractivity contribution is 14.1. The predicted molar refractivity (Wildman–Crippen MR) is 77.6 cm³/mol. The number of carbonyl (C=O) groups is 1. The van der Waals surface area contributed by atoms with Crippen molar-refractivity contribution >= 4 is 49.8 Å². The topological polar surface area (TPSA) is 51.2 Å². The second-order valence-corrected chi connectivity index (χ2v) is 9.82. The van der Waals surface area contributed by atoms with E-state index in [4.69, 9.17) is 11.6 Å². The van der Waals surface area contributed by atoms with Crippen molar-refractivity contribution in [3.8, 4) is 0 Å². The summed E-state index contributed by atoms with van der Waals surface area (Å²) >= 11 is 7.40. The molecule has 0 aliphatic carbocycles. The lowest BCUT2D eigenvalue weighted by Crippen LogP contribution is -2.36. The van der Waals surface area contributed by atoms with E-state index in [2.05, 4.69) is 0 Å². The van der Waals surface area contributed by atoms with E-state index >= 15 is 0 Å². The Hall–Kier alpha value is -0.140. The normalized spacial score (nSPS) is 15.3. The summed E-state index contributed by atoms with van der Waals surface area (Å²) in [7, 11) is -3.66. The summed E-state index contributed by atoms with van der Waals surface area (Å²) in [6.45, 7) is 3.29. The maximum Gasteiger partial charge on any atom is 0.257 e. The van der Waals surface area contributed by atoms with E-state index in [0.717, 1.165) is 5.56 Å². The van der Waals surface area contributed by atoms with E-state index in [-0.39, 0.29) is 5.75 Å². The van der Waals surface area contributed by atoms with Crippen LogP contribution in [0.25, 0.3) is 0 Å². The first-order chi connectivity index (χ1) is 7.72. The lowest BCUT2D eigenvalue weighted by Gasteiger charge is -2.18. The predicted octanol–water partition coefficient (Wildman–Crippen LogP) is 2.94. The number of aryl methyl sites for hydroxylation is 1. The summed E-state index contributed by atoms with van der Waals surface area (Å²) in [5.74, 6) is -0.762. The molecule has 1 atom stereocenters. The van der Waals surface area contributed by atoms with Gasteiger partial charge in [0.05, 0.1) is 5.75 Å². The molecule has 0 unspecified atom stereocenters. The van der Waals surface area contributed by atoms with Gasteiger partial charge >= 0.3 is 0 Å². The minimum absolute atomic E-state index is 0.170. The van der Waals surface area contributed by atoms with E-state index in [0.29, 0.717) is 5.56 Å². The molecule has 0 saturated heterocycles. The molecule has 1 aromatic carbocycles. The lowest BCUT2D eigenvalue weighted by atomic mass is 10.1. The third-order valence-corrected chi connectivity index (χ3v) is 7.42. The average molecular weight is 387 g/mol. The number of hydrogen-bond donors (Lipinski definition) is 0. The smallest absolute Gasteiger partial charge is 0.257 e. The summed E-state index contributed by atoms with van der Waals surface area (Å²) in [6.07, 6.45) is 0. The number of carbonyl (C=O) groups excluding carboxylic acids is 1. The van der Waals surface area contributed by atoms with Crippen LogP contribution in [-0.2, 0) is 9.84 Å². The summed E-state index contributed by atoms with van der Waals surface area (Å²) in [5, 5.41) is 0. The van der Waals surface area contributed by atoms with Gasteiger partial charge in [-0.05, 0) is 35.6 Å². The van der Waals surface area contributed by atoms with Gasteiger partial charge in [-0.2, -0.15) is 0 Å². The third kappa shape index (κ3) is 3.00. The maximum absolute atomic E-state index is 12.1. The molecule has 0 radical (unpaired) electrons. The monoisotopic (exact) mass is 386 g/mol. The highest BCUT2D eigenvalue weighted by Gasteiger charge is 2.45. The molecule has 0 amide bonds. The standard InChI is InChI=1S/C11H12ClIO3S/c1-3-17(15,16)11(12,13)10(14)9-6-4-5-8(2)7-9/h4-7H,3H2,1-2H3/t11-/m0/s1. The molecule has 0 saturated carbocycles. The number of ketones is 1. The number of sulfone groups is 1. The molecule has 0 spiro atoms. The molecule has 1 rings (SSSR count). The maximum atomic E-state index is 12.1. The Balaban J connectivity index is 3.23. The minimum atomic E-state index is -3.66. The molecule has 0 bridgehead atoms.